The highest BCUT2D eigenvalue weighted by molar-refractivity contribution is 5.83. The molecule has 1 amide bonds. The topological polar surface area (TPSA) is 63.2 Å². The summed E-state index contributed by atoms with van der Waals surface area (Å²) in [6.45, 7) is 6.32. The van der Waals surface area contributed by atoms with Gasteiger partial charge in [-0.2, -0.15) is 0 Å². The maximum atomic E-state index is 11.1. The van der Waals surface area contributed by atoms with Crippen LogP contribution in [0.5, 0.6) is 0 Å². The number of ether oxygens (including phenoxy) is 1. The van der Waals surface area contributed by atoms with Gasteiger partial charge in [0.2, 0.25) is 0 Å². The lowest BCUT2D eigenvalue weighted by Crippen LogP contribution is -2.15. The predicted molar refractivity (Wildman–Crippen MR) is 68.3 cm³/mol. The van der Waals surface area contributed by atoms with Gasteiger partial charge in [-0.3, -0.25) is 5.32 Å². The third kappa shape index (κ3) is 4.72. The number of carbonyl (C=O) groups excluding carboxylic acids is 1. The molecular formula is C12H19N3O2. The fourth-order valence-electron chi connectivity index (χ4n) is 1.21. The molecule has 5 heteroatoms. The van der Waals surface area contributed by atoms with E-state index in [0.717, 1.165) is 12.1 Å². The van der Waals surface area contributed by atoms with E-state index in [1.165, 1.54) is 0 Å². The molecule has 1 rings (SSSR count). The minimum atomic E-state index is -0.484. The van der Waals surface area contributed by atoms with Crippen molar-refractivity contribution in [1.29, 1.82) is 0 Å². The van der Waals surface area contributed by atoms with Gasteiger partial charge in [-0.05, 0) is 32.4 Å². The zero-order valence-corrected chi connectivity index (χ0v) is 10.5. The molecule has 0 saturated carbocycles. The van der Waals surface area contributed by atoms with Crippen molar-refractivity contribution in [2.75, 3.05) is 17.2 Å². The first-order valence-corrected chi connectivity index (χ1v) is 5.82. The average molecular weight is 237 g/mol. The summed E-state index contributed by atoms with van der Waals surface area (Å²) in [5.41, 5.74) is 0.939. The summed E-state index contributed by atoms with van der Waals surface area (Å²) in [6.07, 6.45) is 2.25. The van der Waals surface area contributed by atoms with Gasteiger partial charge in [0, 0.05) is 6.04 Å². The van der Waals surface area contributed by atoms with Crippen molar-refractivity contribution in [3.63, 3.8) is 0 Å². The van der Waals surface area contributed by atoms with Gasteiger partial charge in [-0.15, -0.1) is 0 Å². The Morgan fingerprint density at radius 1 is 1.47 bits per heavy atom. The molecule has 5 nitrogen and oxygen atoms in total. The fraction of sp³-hybridized carbons (Fsp3) is 0.500. The average Bonchev–Trinajstić information content (AvgIpc) is 2.32. The second-order valence-corrected chi connectivity index (χ2v) is 3.73. The Morgan fingerprint density at radius 2 is 2.24 bits per heavy atom. The van der Waals surface area contributed by atoms with Crippen LogP contribution in [0.3, 0.4) is 0 Å². The molecule has 0 bridgehead atoms. The summed E-state index contributed by atoms with van der Waals surface area (Å²) in [6, 6.07) is 4.02. The van der Waals surface area contributed by atoms with Gasteiger partial charge in [-0.1, -0.05) is 6.92 Å². The van der Waals surface area contributed by atoms with Crippen molar-refractivity contribution < 1.29 is 9.53 Å². The zero-order chi connectivity index (χ0) is 12.7. The first kappa shape index (κ1) is 13.3. The molecule has 0 aliphatic carbocycles. The molecule has 1 aromatic rings. The maximum absolute atomic E-state index is 11.1. The highest BCUT2D eigenvalue weighted by Gasteiger charge is 2.03. The van der Waals surface area contributed by atoms with E-state index in [0.29, 0.717) is 18.5 Å². The second-order valence-electron chi connectivity index (χ2n) is 3.73. The number of amides is 1. The van der Waals surface area contributed by atoms with E-state index in [2.05, 4.69) is 29.5 Å². The van der Waals surface area contributed by atoms with E-state index in [9.17, 15) is 4.79 Å². The smallest absolute Gasteiger partial charge is 0.412 e. The Balaban J connectivity index is 2.52. The monoisotopic (exact) mass is 237 g/mol. The van der Waals surface area contributed by atoms with Crippen molar-refractivity contribution in [2.24, 2.45) is 0 Å². The highest BCUT2D eigenvalue weighted by Crippen LogP contribution is 2.11. The summed E-state index contributed by atoms with van der Waals surface area (Å²) in [7, 11) is 0. The van der Waals surface area contributed by atoms with Crippen molar-refractivity contribution in [2.45, 2.75) is 33.2 Å². The molecule has 1 atom stereocenters. The van der Waals surface area contributed by atoms with E-state index in [4.69, 9.17) is 4.74 Å². The molecule has 0 aromatic carbocycles. The second kappa shape index (κ2) is 6.73. The number of anilines is 2. The molecule has 1 unspecified atom stereocenters. The molecular weight excluding hydrogens is 218 g/mol. The highest BCUT2D eigenvalue weighted by atomic mass is 16.5. The van der Waals surface area contributed by atoms with Crippen molar-refractivity contribution in [1.82, 2.24) is 4.98 Å². The van der Waals surface area contributed by atoms with Crippen LogP contribution in [0.4, 0.5) is 16.3 Å². The molecule has 1 aromatic heterocycles. The van der Waals surface area contributed by atoms with Gasteiger partial charge in [0.25, 0.3) is 0 Å². The normalized spacial score (nSPS) is 11.7. The van der Waals surface area contributed by atoms with Crippen LogP contribution in [0.25, 0.3) is 0 Å². The lowest BCUT2D eigenvalue weighted by atomic mass is 10.2. The third-order valence-electron chi connectivity index (χ3n) is 2.29. The number of carbonyl (C=O) groups is 1. The van der Waals surface area contributed by atoms with Crippen molar-refractivity contribution in [3.05, 3.63) is 18.3 Å². The van der Waals surface area contributed by atoms with Crippen molar-refractivity contribution in [3.8, 4) is 0 Å². The molecule has 0 spiro atoms. The van der Waals surface area contributed by atoms with Gasteiger partial charge in [-0.25, -0.2) is 9.78 Å². The van der Waals surface area contributed by atoms with Crippen molar-refractivity contribution >= 4 is 17.6 Å². The lowest BCUT2D eigenvalue weighted by molar-refractivity contribution is 0.168. The number of aromatic nitrogens is 1. The fourth-order valence-corrected chi connectivity index (χ4v) is 1.21. The Kier molecular flexibility index (Phi) is 5.26. The summed E-state index contributed by atoms with van der Waals surface area (Å²) < 4.78 is 4.75. The lowest BCUT2D eigenvalue weighted by Gasteiger charge is -2.12. The van der Waals surface area contributed by atoms with Crippen LogP contribution in [-0.4, -0.2) is 23.7 Å². The van der Waals surface area contributed by atoms with Crippen LogP contribution in [0.15, 0.2) is 18.3 Å². The molecule has 1 heterocycles. The van der Waals surface area contributed by atoms with Crippen LogP contribution in [0.1, 0.15) is 27.2 Å². The molecule has 2 N–H and O–H groups in total. The number of hydrogen-bond acceptors (Lipinski definition) is 4. The molecule has 0 aliphatic heterocycles. The Morgan fingerprint density at radius 3 is 2.76 bits per heavy atom. The van der Waals surface area contributed by atoms with Gasteiger partial charge in [0.1, 0.15) is 5.82 Å². The van der Waals surface area contributed by atoms with Crippen LogP contribution in [0.2, 0.25) is 0 Å². The number of rotatable bonds is 5. The number of pyridine rings is 1. The van der Waals surface area contributed by atoms with E-state index in [-0.39, 0.29) is 0 Å². The standard InChI is InChI=1S/C12H19N3O2/c1-4-9(3)14-10-6-7-11(13-8-10)15-12(16)17-5-2/h6-9,14H,4-5H2,1-3H3,(H,13,15,16). The SMILES string of the molecule is CCOC(=O)Nc1ccc(NC(C)CC)cn1. The minimum absolute atomic E-state index is 0.347. The van der Waals surface area contributed by atoms with Crippen LogP contribution < -0.4 is 10.6 Å². The first-order valence-electron chi connectivity index (χ1n) is 5.82. The zero-order valence-electron chi connectivity index (χ0n) is 10.5. The van der Waals surface area contributed by atoms with E-state index >= 15 is 0 Å². The molecule has 0 saturated heterocycles. The maximum Gasteiger partial charge on any atom is 0.412 e. The first-order chi connectivity index (χ1) is 8.15. The van der Waals surface area contributed by atoms with Gasteiger partial charge < -0.3 is 10.1 Å². The number of nitrogens with zero attached hydrogens (tertiary/aromatic N) is 1. The minimum Gasteiger partial charge on any atom is -0.450 e. The molecule has 94 valence electrons. The molecule has 0 radical (unpaired) electrons. The summed E-state index contributed by atoms with van der Waals surface area (Å²) in [5, 5.41) is 5.83. The summed E-state index contributed by atoms with van der Waals surface area (Å²) in [4.78, 5) is 15.2. The van der Waals surface area contributed by atoms with Crippen LogP contribution >= 0.6 is 0 Å². The van der Waals surface area contributed by atoms with Crippen LogP contribution in [0, 0.1) is 0 Å². The van der Waals surface area contributed by atoms with Gasteiger partial charge >= 0.3 is 6.09 Å². The van der Waals surface area contributed by atoms with E-state index < -0.39 is 6.09 Å². The summed E-state index contributed by atoms with van der Waals surface area (Å²) in [5.74, 6) is 0.484. The molecule has 17 heavy (non-hydrogen) atoms. The summed E-state index contributed by atoms with van der Waals surface area (Å²) >= 11 is 0. The van der Waals surface area contributed by atoms with Crippen LogP contribution in [-0.2, 0) is 4.74 Å². The van der Waals surface area contributed by atoms with Gasteiger partial charge in [0.15, 0.2) is 0 Å². The van der Waals surface area contributed by atoms with Gasteiger partial charge in [0.05, 0.1) is 18.5 Å². The Bertz CT molecular complexity index is 351. The third-order valence-corrected chi connectivity index (χ3v) is 2.29. The quantitative estimate of drug-likeness (QED) is 0.826. The van der Waals surface area contributed by atoms with E-state index in [1.54, 1.807) is 19.2 Å². The Hall–Kier alpha value is -1.78. The predicted octanol–water partition coefficient (Wildman–Crippen LogP) is 2.86. The molecule has 0 fully saturated rings. The number of hydrogen-bond donors (Lipinski definition) is 2. The number of nitrogens with one attached hydrogen (secondary N) is 2. The Labute approximate surface area is 102 Å². The van der Waals surface area contributed by atoms with E-state index in [1.807, 2.05) is 6.07 Å². The molecule has 0 aliphatic rings. The largest absolute Gasteiger partial charge is 0.450 e.